The van der Waals surface area contributed by atoms with Crippen molar-refractivity contribution < 1.29 is 28.6 Å². The Labute approximate surface area is 424 Å². The second-order valence-electron chi connectivity index (χ2n) is 18.1. The predicted octanol–water partition coefficient (Wildman–Crippen LogP) is 18.9. The fraction of sp³-hybridized carbons (Fsp3) is 0.635. The smallest absolute Gasteiger partial charge is 0.306 e. The van der Waals surface area contributed by atoms with Crippen molar-refractivity contribution in [2.45, 2.75) is 245 Å². The first-order valence-electron chi connectivity index (χ1n) is 28.0. The van der Waals surface area contributed by atoms with Gasteiger partial charge in [-0.05, 0) is 128 Å². The van der Waals surface area contributed by atoms with Gasteiger partial charge in [0, 0.05) is 19.3 Å². The zero-order chi connectivity index (χ0) is 50.0. The summed E-state index contributed by atoms with van der Waals surface area (Å²) in [5.74, 6) is -1.01. The van der Waals surface area contributed by atoms with E-state index in [0.717, 1.165) is 96.3 Å². The maximum absolute atomic E-state index is 12.8. The van der Waals surface area contributed by atoms with Crippen molar-refractivity contribution in [1.82, 2.24) is 0 Å². The van der Waals surface area contributed by atoms with Gasteiger partial charge in [-0.1, -0.05) is 213 Å². The number of allylic oxidation sites excluding steroid dienone is 20. The van der Waals surface area contributed by atoms with E-state index in [4.69, 9.17) is 14.2 Å². The minimum Gasteiger partial charge on any atom is -0.462 e. The molecule has 0 aromatic carbocycles. The third kappa shape index (κ3) is 54.6. The van der Waals surface area contributed by atoms with Gasteiger partial charge < -0.3 is 14.2 Å². The summed E-state index contributed by atoms with van der Waals surface area (Å²) in [4.78, 5) is 38.1. The maximum atomic E-state index is 12.8. The molecular weight excluding hydrogens is 853 g/mol. The second kappa shape index (κ2) is 56.4. The van der Waals surface area contributed by atoms with E-state index in [1.54, 1.807) is 0 Å². The molecule has 0 heterocycles. The van der Waals surface area contributed by atoms with Crippen LogP contribution in [0.15, 0.2) is 122 Å². The molecule has 0 rings (SSSR count). The summed E-state index contributed by atoms with van der Waals surface area (Å²) in [6.07, 6.45) is 77.6. The summed E-state index contributed by atoms with van der Waals surface area (Å²) in [6.45, 7) is 6.40. The van der Waals surface area contributed by atoms with Crippen molar-refractivity contribution in [3.8, 4) is 0 Å². The van der Waals surface area contributed by atoms with Crippen LogP contribution in [-0.4, -0.2) is 37.2 Å². The molecule has 0 aliphatic heterocycles. The van der Waals surface area contributed by atoms with Crippen LogP contribution in [0.2, 0.25) is 0 Å². The van der Waals surface area contributed by atoms with Crippen LogP contribution in [-0.2, 0) is 28.6 Å². The van der Waals surface area contributed by atoms with Crippen LogP contribution in [0.5, 0.6) is 0 Å². The van der Waals surface area contributed by atoms with Crippen molar-refractivity contribution in [1.29, 1.82) is 0 Å². The molecule has 0 bridgehead atoms. The summed E-state index contributed by atoms with van der Waals surface area (Å²) in [5.41, 5.74) is 0. The van der Waals surface area contributed by atoms with Crippen LogP contribution in [0.4, 0.5) is 0 Å². The molecule has 1 atom stereocenters. The van der Waals surface area contributed by atoms with Gasteiger partial charge in [0.05, 0.1) is 0 Å². The van der Waals surface area contributed by atoms with Gasteiger partial charge in [-0.3, -0.25) is 14.4 Å². The molecule has 0 radical (unpaired) electrons. The zero-order valence-corrected chi connectivity index (χ0v) is 44.5. The number of ether oxygens (including phenoxy) is 3. The molecule has 0 amide bonds. The van der Waals surface area contributed by atoms with E-state index >= 15 is 0 Å². The monoisotopic (exact) mass is 955 g/mol. The molecule has 0 saturated heterocycles. The lowest BCUT2D eigenvalue weighted by atomic mass is 10.1. The highest BCUT2D eigenvalue weighted by molar-refractivity contribution is 5.71. The van der Waals surface area contributed by atoms with Crippen molar-refractivity contribution in [2.75, 3.05) is 13.2 Å². The Hall–Kier alpha value is -4.19. The normalized spacial score (nSPS) is 13.0. The molecule has 390 valence electrons. The molecule has 0 N–H and O–H groups in total. The second-order valence-corrected chi connectivity index (χ2v) is 18.1. The highest BCUT2D eigenvalue weighted by Gasteiger charge is 2.19. The highest BCUT2D eigenvalue weighted by Crippen LogP contribution is 2.13. The van der Waals surface area contributed by atoms with Crippen LogP contribution in [0.3, 0.4) is 0 Å². The number of esters is 3. The van der Waals surface area contributed by atoms with Gasteiger partial charge in [-0.2, -0.15) is 0 Å². The molecule has 0 aliphatic rings. The lowest BCUT2D eigenvalue weighted by Gasteiger charge is -2.18. The van der Waals surface area contributed by atoms with E-state index in [1.165, 1.54) is 89.9 Å². The van der Waals surface area contributed by atoms with Gasteiger partial charge in [0.15, 0.2) is 6.10 Å². The third-order valence-electron chi connectivity index (χ3n) is 11.4. The first-order chi connectivity index (χ1) is 34.0. The highest BCUT2D eigenvalue weighted by atomic mass is 16.6. The van der Waals surface area contributed by atoms with Gasteiger partial charge in [-0.15, -0.1) is 0 Å². The molecule has 6 heteroatoms. The quantitative estimate of drug-likeness (QED) is 0.0262. The van der Waals surface area contributed by atoms with Crippen LogP contribution >= 0.6 is 0 Å². The Morgan fingerprint density at radius 2 is 0.580 bits per heavy atom. The van der Waals surface area contributed by atoms with Crippen LogP contribution in [0.25, 0.3) is 0 Å². The van der Waals surface area contributed by atoms with Crippen molar-refractivity contribution in [3.05, 3.63) is 122 Å². The minimum atomic E-state index is -0.823. The Morgan fingerprint density at radius 1 is 0.304 bits per heavy atom. The Balaban J connectivity index is 4.56. The molecule has 0 fully saturated rings. The summed E-state index contributed by atoms with van der Waals surface area (Å²) in [5, 5.41) is 0. The lowest BCUT2D eigenvalue weighted by Crippen LogP contribution is -2.30. The molecule has 69 heavy (non-hydrogen) atoms. The number of unbranched alkanes of at least 4 members (excludes halogenated alkanes) is 18. The Bertz CT molecular complexity index is 1470. The Morgan fingerprint density at radius 3 is 1.00 bits per heavy atom. The van der Waals surface area contributed by atoms with E-state index in [2.05, 4.69) is 142 Å². The van der Waals surface area contributed by atoms with E-state index in [9.17, 15) is 14.4 Å². The predicted molar refractivity (Wildman–Crippen MR) is 297 cm³/mol. The standard InChI is InChI=1S/C63H102O6/c1-4-7-10-13-16-19-22-25-28-30-31-33-36-39-42-45-48-51-54-57-63(66)69-60(58-67-61(64)55-52-49-46-43-40-37-34-27-24-21-18-15-12-9-6-3)59-68-62(65)56-53-50-47-44-41-38-35-32-29-26-23-20-17-14-11-8-5-2/h7,10,16-17,19-21,24-26,28-29,31,33,35,38-39,42,44,47,60H,4-6,8-9,11-15,18,22-23,27,30,32,34,36-37,40-41,43,45-46,48-59H2,1-3H3/b10-7-,19-16-,20-17-,24-21-,28-25-,29-26-,33-31-,38-35-,42-39-,47-44-/t60-/m0/s1. The summed E-state index contributed by atoms with van der Waals surface area (Å²) in [6, 6.07) is 0. The molecule has 0 saturated carbocycles. The fourth-order valence-electron chi connectivity index (χ4n) is 7.22. The van der Waals surface area contributed by atoms with Crippen molar-refractivity contribution in [3.63, 3.8) is 0 Å². The Kier molecular flexibility index (Phi) is 53.0. The third-order valence-corrected chi connectivity index (χ3v) is 11.4. The van der Waals surface area contributed by atoms with E-state index in [0.29, 0.717) is 19.3 Å². The molecule has 0 aromatic heterocycles. The SMILES string of the molecule is CC/C=C\C/C=C\C/C=C\C/C=C\C/C=C\CCCCCC(=O)O[C@H](COC(=O)CCC/C=C\C/C=C\C/C=C\C/C=C\CCCCC)COC(=O)CCCCCCCCC/C=C\CCCCCC. The largest absolute Gasteiger partial charge is 0.462 e. The summed E-state index contributed by atoms with van der Waals surface area (Å²) in [7, 11) is 0. The van der Waals surface area contributed by atoms with Gasteiger partial charge >= 0.3 is 17.9 Å². The average Bonchev–Trinajstić information content (AvgIpc) is 3.35. The maximum Gasteiger partial charge on any atom is 0.306 e. The molecule has 0 aromatic rings. The van der Waals surface area contributed by atoms with Gasteiger partial charge in [-0.25, -0.2) is 0 Å². The first-order valence-corrected chi connectivity index (χ1v) is 28.0. The number of rotatable bonds is 49. The lowest BCUT2D eigenvalue weighted by molar-refractivity contribution is -0.167. The van der Waals surface area contributed by atoms with E-state index in [-0.39, 0.29) is 44.0 Å². The van der Waals surface area contributed by atoms with Gasteiger partial charge in [0.1, 0.15) is 13.2 Å². The first kappa shape index (κ1) is 64.8. The summed E-state index contributed by atoms with van der Waals surface area (Å²) >= 11 is 0. The number of carbonyl (C=O) groups is 3. The van der Waals surface area contributed by atoms with Crippen molar-refractivity contribution in [2.24, 2.45) is 0 Å². The van der Waals surface area contributed by atoms with Crippen LogP contribution < -0.4 is 0 Å². The van der Waals surface area contributed by atoms with Gasteiger partial charge in [0.25, 0.3) is 0 Å². The number of hydrogen-bond acceptors (Lipinski definition) is 6. The van der Waals surface area contributed by atoms with E-state index in [1.807, 2.05) is 0 Å². The molecular formula is C63H102O6. The average molecular weight is 956 g/mol. The zero-order valence-electron chi connectivity index (χ0n) is 44.5. The molecule has 0 spiro atoms. The molecule has 0 unspecified atom stereocenters. The van der Waals surface area contributed by atoms with E-state index < -0.39 is 6.10 Å². The van der Waals surface area contributed by atoms with Gasteiger partial charge in [0.2, 0.25) is 0 Å². The summed E-state index contributed by atoms with van der Waals surface area (Å²) < 4.78 is 16.8. The fourth-order valence-corrected chi connectivity index (χ4v) is 7.22. The topological polar surface area (TPSA) is 78.9 Å². The van der Waals surface area contributed by atoms with Crippen LogP contribution in [0, 0.1) is 0 Å². The number of hydrogen-bond donors (Lipinski definition) is 0. The molecule has 0 aliphatic carbocycles. The molecule has 6 nitrogen and oxygen atoms in total. The van der Waals surface area contributed by atoms with Crippen LogP contribution in [0.1, 0.15) is 239 Å². The number of carbonyl (C=O) groups excluding carboxylic acids is 3. The van der Waals surface area contributed by atoms with Crippen molar-refractivity contribution >= 4 is 17.9 Å². The minimum absolute atomic E-state index is 0.114.